The third-order valence-electron chi connectivity index (χ3n) is 1.91. The SMILES string of the molecule is COc1ccc(C(Br)C(C)(F)F)cc1Cl. The summed E-state index contributed by atoms with van der Waals surface area (Å²) in [5.74, 6) is -2.36. The van der Waals surface area contributed by atoms with Gasteiger partial charge in [0, 0.05) is 6.92 Å². The highest BCUT2D eigenvalue weighted by Gasteiger charge is 2.33. The summed E-state index contributed by atoms with van der Waals surface area (Å²) in [6.45, 7) is 0.852. The Kier molecular flexibility index (Phi) is 3.95. The van der Waals surface area contributed by atoms with Crippen LogP contribution in [0.15, 0.2) is 18.2 Å². The third kappa shape index (κ3) is 3.05. The molecular formula is C10H10BrClF2O. The van der Waals surface area contributed by atoms with Crippen LogP contribution in [-0.4, -0.2) is 13.0 Å². The van der Waals surface area contributed by atoms with Crippen LogP contribution in [0.3, 0.4) is 0 Å². The molecule has 15 heavy (non-hydrogen) atoms. The normalized spacial score (nSPS) is 13.7. The van der Waals surface area contributed by atoms with Gasteiger partial charge in [0.1, 0.15) is 10.6 Å². The van der Waals surface area contributed by atoms with Gasteiger partial charge in [-0.05, 0) is 17.7 Å². The minimum atomic E-state index is -2.84. The van der Waals surface area contributed by atoms with Crippen LogP contribution in [0.1, 0.15) is 17.3 Å². The molecule has 0 aromatic heterocycles. The molecule has 0 saturated carbocycles. The number of methoxy groups -OCH3 is 1. The van der Waals surface area contributed by atoms with Gasteiger partial charge in [-0.2, -0.15) is 0 Å². The molecule has 0 aliphatic carbocycles. The monoisotopic (exact) mass is 298 g/mol. The van der Waals surface area contributed by atoms with Crippen molar-refractivity contribution in [1.82, 2.24) is 0 Å². The van der Waals surface area contributed by atoms with Crippen molar-refractivity contribution in [1.29, 1.82) is 0 Å². The molecule has 0 N–H and O–H groups in total. The highest BCUT2D eigenvalue weighted by atomic mass is 79.9. The average molecular weight is 300 g/mol. The maximum atomic E-state index is 13.0. The number of hydrogen-bond donors (Lipinski definition) is 0. The molecule has 1 rings (SSSR count). The number of halogens is 4. The Balaban J connectivity index is 3.02. The lowest BCUT2D eigenvalue weighted by molar-refractivity contribution is 0.0213. The largest absolute Gasteiger partial charge is 0.495 e. The van der Waals surface area contributed by atoms with Crippen LogP contribution in [0.5, 0.6) is 5.75 Å². The molecule has 84 valence electrons. The van der Waals surface area contributed by atoms with E-state index < -0.39 is 10.7 Å². The molecule has 0 radical (unpaired) electrons. The van der Waals surface area contributed by atoms with E-state index in [2.05, 4.69) is 15.9 Å². The van der Waals surface area contributed by atoms with E-state index in [4.69, 9.17) is 16.3 Å². The Bertz CT molecular complexity index is 352. The van der Waals surface area contributed by atoms with Crippen LogP contribution >= 0.6 is 27.5 Å². The van der Waals surface area contributed by atoms with Gasteiger partial charge in [-0.15, -0.1) is 0 Å². The number of hydrogen-bond acceptors (Lipinski definition) is 1. The predicted octanol–water partition coefficient (Wildman–Crippen LogP) is 4.44. The van der Waals surface area contributed by atoms with E-state index in [1.54, 1.807) is 12.1 Å². The molecule has 0 heterocycles. The number of alkyl halides is 3. The third-order valence-corrected chi connectivity index (χ3v) is 3.54. The van der Waals surface area contributed by atoms with Crippen molar-refractivity contribution in [3.05, 3.63) is 28.8 Å². The molecule has 1 aromatic rings. The second-order valence-corrected chi connectivity index (χ2v) is 4.54. The Labute approximate surface area is 101 Å². The summed E-state index contributed by atoms with van der Waals surface area (Å²) < 4.78 is 30.9. The molecule has 1 unspecified atom stereocenters. The molecule has 0 aliphatic heterocycles. The van der Waals surface area contributed by atoms with Crippen molar-refractivity contribution >= 4 is 27.5 Å². The highest BCUT2D eigenvalue weighted by molar-refractivity contribution is 9.09. The summed E-state index contributed by atoms with van der Waals surface area (Å²) in [6, 6.07) is 4.59. The van der Waals surface area contributed by atoms with Gasteiger partial charge in [0.15, 0.2) is 0 Å². The van der Waals surface area contributed by atoms with Crippen LogP contribution < -0.4 is 4.74 Å². The van der Waals surface area contributed by atoms with Gasteiger partial charge in [-0.1, -0.05) is 33.6 Å². The fourth-order valence-electron chi connectivity index (χ4n) is 1.13. The van der Waals surface area contributed by atoms with Crippen molar-refractivity contribution in [2.24, 2.45) is 0 Å². The van der Waals surface area contributed by atoms with E-state index in [1.807, 2.05) is 0 Å². The van der Waals surface area contributed by atoms with Crippen LogP contribution in [0, 0.1) is 0 Å². The van der Waals surface area contributed by atoms with Gasteiger partial charge >= 0.3 is 0 Å². The lowest BCUT2D eigenvalue weighted by Gasteiger charge is -2.18. The van der Waals surface area contributed by atoms with E-state index in [0.29, 0.717) is 16.3 Å². The van der Waals surface area contributed by atoms with E-state index in [0.717, 1.165) is 6.92 Å². The molecule has 0 bridgehead atoms. The highest BCUT2D eigenvalue weighted by Crippen LogP contribution is 2.40. The van der Waals surface area contributed by atoms with Crippen molar-refractivity contribution in [2.45, 2.75) is 17.7 Å². The van der Waals surface area contributed by atoms with Crippen LogP contribution in [-0.2, 0) is 0 Å². The maximum absolute atomic E-state index is 13.0. The number of ether oxygens (including phenoxy) is 1. The summed E-state index contributed by atoms with van der Waals surface area (Å²) in [5, 5.41) is 0.323. The van der Waals surface area contributed by atoms with Gasteiger partial charge in [0.05, 0.1) is 12.1 Å². The Morgan fingerprint density at radius 2 is 2.07 bits per heavy atom. The summed E-state index contributed by atoms with van der Waals surface area (Å²) in [6.07, 6.45) is 0. The zero-order chi connectivity index (χ0) is 11.6. The summed E-state index contributed by atoms with van der Waals surface area (Å²) in [5.41, 5.74) is 0.424. The Morgan fingerprint density at radius 1 is 1.47 bits per heavy atom. The molecule has 5 heteroatoms. The first-order chi connectivity index (χ1) is 6.86. The van der Waals surface area contributed by atoms with Crippen LogP contribution in [0.4, 0.5) is 8.78 Å². The lowest BCUT2D eigenvalue weighted by atomic mass is 10.1. The van der Waals surface area contributed by atoms with Crippen molar-refractivity contribution in [2.75, 3.05) is 7.11 Å². The second kappa shape index (κ2) is 4.66. The predicted molar refractivity (Wildman–Crippen MR) is 60.3 cm³/mol. The molecule has 0 aliphatic rings. The zero-order valence-electron chi connectivity index (χ0n) is 8.23. The standard InChI is InChI=1S/C10H10BrClF2O/c1-10(13,14)9(11)6-3-4-8(15-2)7(12)5-6/h3-5,9H,1-2H3. The van der Waals surface area contributed by atoms with E-state index in [9.17, 15) is 8.78 Å². The molecular weight excluding hydrogens is 289 g/mol. The molecule has 1 atom stereocenters. The first kappa shape index (κ1) is 12.7. The summed E-state index contributed by atoms with van der Waals surface area (Å²) in [7, 11) is 1.47. The van der Waals surface area contributed by atoms with Crippen molar-refractivity contribution in [3.63, 3.8) is 0 Å². The molecule has 0 fully saturated rings. The van der Waals surface area contributed by atoms with Gasteiger partial charge in [-0.3, -0.25) is 0 Å². The second-order valence-electron chi connectivity index (χ2n) is 3.21. The van der Waals surface area contributed by atoms with Gasteiger partial charge in [0.2, 0.25) is 0 Å². The smallest absolute Gasteiger partial charge is 0.261 e. The first-order valence-electron chi connectivity index (χ1n) is 4.21. The van der Waals surface area contributed by atoms with Crippen LogP contribution in [0.2, 0.25) is 5.02 Å². The quantitative estimate of drug-likeness (QED) is 0.750. The molecule has 0 amide bonds. The minimum Gasteiger partial charge on any atom is -0.495 e. The lowest BCUT2D eigenvalue weighted by Crippen LogP contribution is -2.16. The van der Waals surface area contributed by atoms with Crippen molar-refractivity contribution in [3.8, 4) is 5.75 Å². The van der Waals surface area contributed by atoms with Gasteiger partial charge in [-0.25, -0.2) is 8.78 Å². The fraction of sp³-hybridized carbons (Fsp3) is 0.400. The first-order valence-corrected chi connectivity index (χ1v) is 5.51. The molecule has 0 saturated heterocycles. The summed E-state index contributed by atoms with van der Waals surface area (Å²) in [4.78, 5) is -1.05. The minimum absolute atomic E-state index is 0.323. The average Bonchev–Trinajstić information content (AvgIpc) is 2.15. The van der Waals surface area contributed by atoms with E-state index in [-0.39, 0.29) is 0 Å². The fourth-order valence-corrected chi connectivity index (χ4v) is 1.68. The zero-order valence-corrected chi connectivity index (χ0v) is 10.6. The summed E-state index contributed by atoms with van der Waals surface area (Å²) >= 11 is 8.77. The van der Waals surface area contributed by atoms with E-state index in [1.165, 1.54) is 13.2 Å². The molecule has 1 nitrogen and oxygen atoms in total. The Hall–Kier alpha value is -0.350. The maximum Gasteiger partial charge on any atom is 0.261 e. The topological polar surface area (TPSA) is 9.23 Å². The number of rotatable bonds is 3. The number of benzene rings is 1. The van der Waals surface area contributed by atoms with Crippen molar-refractivity contribution < 1.29 is 13.5 Å². The van der Waals surface area contributed by atoms with Crippen LogP contribution in [0.25, 0.3) is 0 Å². The van der Waals surface area contributed by atoms with E-state index >= 15 is 0 Å². The van der Waals surface area contributed by atoms with Gasteiger partial charge < -0.3 is 4.74 Å². The Morgan fingerprint density at radius 3 is 2.47 bits per heavy atom. The molecule has 1 aromatic carbocycles. The van der Waals surface area contributed by atoms with Gasteiger partial charge in [0.25, 0.3) is 5.92 Å². The molecule has 0 spiro atoms.